The van der Waals surface area contributed by atoms with E-state index in [9.17, 15) is 9.59 Å². The average molecular weight is 708 g/mol. The molecule has 270 valence electrons. The minimum Gasteiger partial charge on any atom is -0.369 e. The average Bonchev–Trinajstić information content (AvgIpc) is 3.60. The van der Waals surface area contributed by atoms with Gasteiger partial charge in [0.15, 0.2) is 0 Å². The summed E-state index contributed by atoms with van der Waals surface area (Å²) < 4.78 is 0. The zero-order valence-electron chi connectivity index (χ0n) is 30.2. The van der Waals surface area contributed by atoms with Gasteiger partial charge in [0.2, 0.25) is 5.91 Å². The Morgan fingerprint density at radius 1 is 0.918 bits per heavy atom. The molecule has 1 saturated heterocycles. The van der Waals surface area contributed by atoms with Crippen LogP contribution in [-0.2, 0) is 31.0 Å². The van der Waals surface area contributed by atoms with Crippen molar-refractivity contribution in [3.05, 3.63) is 108 Å². The third kappa shape index (κ3) is 16.4. The topological polar surface area (TPSA) is 94.3 Å². The molecule has 2 N–H and O–H groups in total. The summed E-state index contributed by atoms with van der Waals surface area (Å²) in [6.07, 6.45) is 16.9. The number of allylic oxidation sites excluding steroid dienone is 3. The molecular formula is C42H61NO4S2. The van der Waals surface area contributed by atoms with Crippen LogP contribution in [0.5, 0.6) is 0 Å². The number of carbonyl (C=O) groups is 4. The highest BCUT2D eigenvalue weighted by Crippen LogP contribution is 2.42. The first-order valence-corrected chi connectivity index (χ1v) is 18.9. The Morgan fingerprint density at radius 2 is 1.47 bits per heavy atom. The Balaban J connectivity index is 0.00000363. The second kappa shape index (κ2) is 26.7. The third-order valence-electron chi connectivity index (χ3n) is 9.28. The second-order valence-electron chi connectivity index (χ2n) is 12.8. The molecule has 0 saturated carbocycles. The molecule has 2 aromatic rings. The number of rotatable bonds is 19. The van der Waals surface area contributed by atoms with Crippen molar-refractivity contribution in [2.45, 2.75) is 96.8 Å². The lowest BCUT2D eigenvalue weighted by molar-refractivity contribution is -0.120. The van der Waals surface area contributed by atoms with Gasteiger partial charge in [-0.15, -0.1) is 24.9 Å². The predicted octanol–water partition coefficient (Wildman–Crippen LogP) is 9.95. The second-order valence-corrected chi connectivity index (χ2v) is 14.5. The molecule has 0 radical (unpaired) electrons. The van der Waals surface area contributed by atoms with Gasteiger partial charge in [0.1, 0.15) is 19.4 Å². The molecule has 1 heterocycles. The summed E-state index contributed by atoms with van der Waals surface area (Å²) in [5.41, 5.74) is 8.34. The molecule has 1 fully saturated rings. The molecule has 2 aromatic carbocycles. The standard InChI is InChI=1S/C38H53NO2S2.C2H4.2CH2O/c1-4-15-31(22-26-42)38(3,32-18-9-6-10-19-32)25-14-12-21-33(40)20-11-13-24-37(2,28-30-16-7-5-8-17-30)29-35-34(36(39)41)23-27-43-35;3*1-2/h4-10,15-19,29,31,34,42H,11-14,20-28H2,1-3H3,(H2,39,41);1-2H2;2*1H2/b15-4-,35-29+;;;. The van der Waals surface area contributed by atoms with Gasteiger partial charge in [-0.3, -0.25) is 9.59 Å². The lowest BCUT2D eigenvalue weighted by Gasteiger charge is -2.37. The number of nitrogens with two attached hydrogens (primary N) is 1. The Kier molecular flexibility index (Phi) is 25.0. The molecule has 1 aliphatic rings. The molecule has 49 heavy (non-hydrogen) atoms. The van der Waals surface area contributed by atoms with Crippen LogP contribution in [-0.4, -0.2) is 36.8 Å². The van der Waals surface area contributed by atoms with Crippen molar-refractivity contribution < 1.29 is 19.2 Å². The number of hydrogen-bond acceptors (Lipinski definition) is 6. The van der Waals surface area contributed by atoms with Crippen molar-refractivity contribution in [1.82, 2.24) is 0 Å². The van der Waals surface area contributed by atoms with Gasteiger partial charge in [-0.2, -0.15) is 12.6 Å². The van der Waals surface area contributed by atoms with Crippen molar-refractivity contribution in [2.75, 3.05) is 11.5 Å². The van der Waals surface area contributed by atoms with E-state index < -0.39 is 0 Å². The number of amides is 1. The summed E-state index contributed by atoms with van der Waals surface area (Å²) >= 11 is 6.33. The van der Waals surface area contributed by atoms with E-state index in [1.807, 2.05) is 19.6 Å². The van der Waals surface area contributed by atoms with E-state index in [4.69, 9.17) is 15.3 Å². The first-order chi connectivity index (χ1) is 23.7. The fraction of sp³-hybridized carbons (Fsp3) is 0.476. The van der Waals surface area contributed by atoms with Crippen LogP contribution in [0.15, 0.2) is 97.0 Å². The zero-order chi connectivity index (χ0) is 37.1. The maximum atomic E-state index is 12.9. The van der Waals surface area contributed by atoms with Gasteiger partial charge in [-0.05, 0) is 96.2 Å². The van der Waals surface area contributed by atoms with Crippen LogP contribution in [0, 0.1) is 17.3 Å². The summed E-state index contributed by atoms with van der Waals surface area (Å²) in [7, 11) is 0. The van der Waals surface area contributed by atoms with Crippen LogP contribution < -0.4 is 5.73 Å². The first-order valence-electron chi connectivity index (χ1n) is 17.3. The van der Waals surface area contributed by atoms with Gasteiger partial charge >= 0.3 is 0 Å². The van der Waals surface area contributed by atoms with Gasteiger partial charge in [-0.1, -0.05) is 106 Å². The van der Waals surface area contributed by atoms with Gasteiger partial charge in [0.25, 0.3) is 0 Å². The number of benzene rings is 2. The van der Waals surface area contributed by atoms with Gasteiger partial charge in [-0.25, -0.2) is 0 Å². The molecular weight excluding hydrogens is 647 g/mol. The van der Waals surface area contributed by atoms with E-state index >= 15 is 0 Å². The molecule has 0 aliphatic carbocycles. The van der Waals surface area contributed by atoms with Gasteiger partial charge in [0.05, 0.1) is 5.92 Å². The van der Waals surface area contributed by atoms with Crippen molar-refractivity contribution in [3.63, 3.8) is 0 Å². The number of thiol groups is 1. The number of unbranched alkanes of at least 4 members (excludes halogenated alkanes) is 2. The Hall–Kier alpha value is -3.16. The Bertz CT molecular complexity index is 1250. The highest BCUT2D eigenvalue weighted by molar-refractivity contribution is 8.03. The van der Waals surface area contributed by atoms with Crippen molar-refractivity contribution >= 4 is 49.7 Å². The molecule has 0 bridgehead atoms. The molecule has 1 amide bonds. The van der Waals surface area contributed by atoms with E-state index in [-0.39, 0.29) is 22.7 Å². The predicted molar refractivity (Wildman–Crippen MR) is 214 cm³/mol. The van der Waals surface area contributed by atoms with E-state index in [1.165, 1.54) is 11.1 Å². The molecule has 4 atom stereocenters. The largest absolute Gasteiger partial charge is 0.369 e. The molecule has 3 rings (SSSR count). The Morgan fingerprint density at radius 3 is 2.00 bits per heavy atom. The molecule has 1 aliphatic heterocycles. The molecule has 5 nitrogen and oxygen atoms in total. The number of carbonyl (C=O) groups excluding carboxylic acids is 4. The number of Topliss-reactive ketones (excluding diaryl/α,β-unsaturated/α-hetero) is 1. The zero-order valence-corrected chi connectivity index (χ0v) is 32.0. The minimum atomic E-state index is -0.216. The fourth-order valence-corrected chi connectivity index (χ4v) is 8.40. The van der Waals surface area contributed by atoms with Gasteiger partial charge < -0.3 is 15.3 Å². The lowest BCUT2D eigenvalue weighted by atomic mass is 9.67. The summed E-state index contributed by atoms with van der Waals surface area (Å²) in [4.78, 5) is 42.1. The first kappa shape index (κ1) is 45.8. The summed E-state index contributed by atoms with van der Waals surface area (Å²) in [6, 6.07) is 21.4. The Labute approximate surface area is 307 Å². The quantitative estimate of drug-likeness (QED) is 0.0861. The van der Waals surface area contributed by atoms with Crippen LogP contribution in [0.2, 0.25) is 0 Å². The van der Waals surface area contributed by atoms with Gasteiger partial charge in [0, 0.05) is 12.8 Å². The summed E-state index contributed by atoms with van der Waals surface area (Å²) in [6.45, 7) is 16.8. The lowest BCUT2D eigenvalue weighted by Crippen LogP contribution is -2.31. The summed E-state index contributed by atoms with van der Waals surface area (Å²) in [5.74, 6) is 2.25. The molecule has 4 unspecified atom stereocenters. The highest BCUT2D eigenvalue weighted by atomic mass is 32.2. The summed E-state index contributed by atoms with van der Waals surface area (Å²) in [5, 5.41) is 0. The smallest absolute Gasteiger partial charge is 0.225 e. The van der Waals surface area contributed by atoms with E-state index in [1.54, 1.807) is 11.8 Å². The van der Waals surface area contributed by atoms with Crippen LogP contribution in [0.3, 0.4) is 0 Å². The highest BCUT2D eigenvalue weighted by Gasteiger charge is 2.34. The van der Waals surface area contributed by atoms with Crippen molar-refractivity contribution in [1.29, 1.82) is 0 Å². The molecule has 0 spiro atoms. The fourth-order valence-electron chi connectivity index (χ4n) is 6.73. The van der Waals surface area contributed by atoms with Crippen LogP contribution >= 0.6 is 24.4 Å². The molecule has 7 heteroatoms. The number of ketones is 1. The monoisotopic (exact) mass is 707 g/mol. The maximum absolute atomic E-state index is 12.9. The van der Waals surface area contributed by atoms with E-state index in [0.29, 0.717) is 24.5 Å². The van der Waals surface area contributed by atoms with Crippen LogP contribution in [0.4, 0.5) is 0 Å². The minimum absolute atomic E-state index is 0.0302. The number of thioether (sulfide) groups is 1. The normalized spacial score (nSPS) is 17.6. The molecule has 0 aromatic heterocycles. The SMILES string of the molecule is C/C=C\C(CCS)C(C)(CCCCC(=O)CCCCC(C)(/C=C1/SCCC1C(N)=O)Cc1ccccc1)c1ccccc1.C=C.C=O.C=O. The van der Waals surface area contributed by atoms with Crippen molar-refractivity contribution in [3.8, 4) is 0 Å². The number of primary amides is 1. The van der Waals surface area contributed by atoms with Crippen molar-refractivity contribution in [2.24, 2.45) is 23.0 Å². The van der Waals surface area contributed by atoms with Crippen LogP contribution in [0.25, 0.3) is 0 Å². The maximum Gasteiger partial charge on any atom is 0.225 e. The third-order valence-corrected chi connectivity index (χ3v) is 10.7. The van der Waals surface area contributed by atoms with E-state index in [2.05, 4.69) is 119 Å². The van der Waals surface area contributed by atoms with Crippen LogP contribution in [0.1, 0.15) is 96.1 Å². The number of hydrogen-bond donors (Lipinski definition) is 2. The van der Waals surface area contributed by atoms with E-state index in [0.717, 1.165) is 74.2 Å².